The summed E-state index contributed by atoms with van der Waals surface area (Å²) in [5.41, 5.74) is -0.137. The highest BCUT2D eigenvalue weighted by Gasteiger charge is 2.26. The van der Waals surface area contributed by atoms with Gasteiger partial charge in [-0.1, -0.05) is 12.1 Å². The first-order valence-corrected chi connectivity index (χ1v) is 7.36. The van der Waals surface area contributed by atoms with E-state index in [0.717, 1.165) is 0 Å². The molecule has 1 aromatic rings. The zero-order chi connectivity index (χ0) is 16.8. The Morgan fingerprint density at radius 2 is 1.96 bits per heavy atom. The number of hydrogen-bond acceptors (Lipinski definition) is 5. The number of para-hydroxylation sites is 2. The van der Waals surface area contributed by atoms with Gasteiger partial charge in [-0.3, -0.25) is 19.7 Å². The molecule has 8 nitrogen and oxygen atoms in total. The minimum Gasteiger partial charge on any atom is -0.486 e. The number of rotatable bonds is 6. The number of ether oxygens (including phenoxy) is 1. The topological polar surface area (TPSA) is 110 Å². The average molecular weight is 322 g/mol. The van der Waals surface area contributed by atoms with E-state index in [4.69, 9.17) is 9.84 Å². The standard InChI is InChI=1S/C15H18N2O6/c18-14(16-8-5-11(6-9-16)15(19)20)7-10-23-13-4-2-1-3-12(13)17(21)22/h1-4,11H,5-10H2,(H,19,20). The van der Waals surface area contributed by atoms with E-state index in [9.17, 15) is 19.7 Å². The molecule has 8 heteroatoms. The van der Waals surface area contributed by atoms with Crippen LogP contribution < -0.4 is 4.74 Å². The van der Waals surface area contributed by atoms with E-state index >= 15 is 0 Å². The summed E-state index contributed by atoms with van der Waals surface area (Å²) in [7, 11) is 0. The molecule has 1 fully saturated rings. The zero-order valence-electron chi connectivity index (χ0n) is 12.5. The number of carboxylic acid groups (broad SMARTS) is 1. The van der Waals surface area contributed by atoms with E-state index in [1.54, 1.807) is 17.0 Å². The van der Waals surface area contributed by atoms with Crippen LogP contribution >= 0.6 is 0 Å². The largest absolute Gasteiger partial charge is 0.486 e. The third-order valence-electron chi connectivity index (χ3n) is 3.83. The smallest absolute Gasteiger partial charge is 0.310 e. The summed E-state index contributed by atoms with van der Waals surface area (Å²) in [5, 5.41) is 19.8. The van der Waals surface area contributed by atoms with Crippen molar-refractivity contribution in [2.24, 2.45) is 5.92 Å². The number of nitro benzene ring substituents is 1. The number of carbonyl (C=O) groups is 2. The lowest BCUT2D eigenvalue weighted by molar-refractivity contribution is -0.385. The number of likely N-dealkylation sites (tertiary alicyclic amines) is 1. The summed E-state index contributed by atoms with van der Waals surface area (Å²) < 4.78 is 5.34. The van der Waals surface area contributed by atoms with E-state index < -0.39 is 10.9 Å². The molecule has 1 amide bonds. The van der Waals surface area contributed by atoms with Crippen LogP contribution in [0.3, 0.4) is 0 Å². The van der Waals surface area contributed by atoms with E-state index in [0.29, 0.717) is 25.9 Å². The van der Waals surface area contributed by atoms with Crippen molar-refractivity contribution in [3.05, 3.63) is 34.4 Å². The van der Waals surface area contributed by atoms with Crippen molar-refractivity contribution in [1.29, 1.82) is 0 Å². The predicted molar refractivity (Wildman–Crippen MR) is 80.1 cm³/mol. The maximum Gasteiger partial charge on any atom is 0.310 e. The van der Waals surface area contributed by atoms with Crippen LogP contribution in [-0.4, -0.2) is 46.5 Å². The van der Waals surface area contributed by atoms with Crippen LogP contribution in [0.15, 0.2) is 24.3 Å². The maximum atomic E-state index is 12.0. The molecule has 0 radical (unpaired) electrons. The van der Waals surface area contributed by atoms with Gasteiger partial charge >= 0.3 is 11.7 Å². The molecule has 1 aliphatic heterocycles. The van der Waals surface area contributed by atoms with Crippen molar-refractivity contribution >= 4 is 17.6 Å². The van der Waals surface area contributed by atoms with E-state index in [-0.39, 0.29) is 36.3 Å². The second-order valence-corrected chi connectivity index (χ2v) is 5.32. The van der Waals surface area contributed by atoms with Crippen molar-refractivity contribution in [3.63, 3.8) is 0 Å². The molecule has 0 atom stereocenters. The van der Waals surface area contributed by atoms with Gasteiger partial charge in [-0.15, -0.1) is 0 Å². The number of benzene rings is 1. The molecule has 1 aromatic carbocycles. The Morgan fingerprint density at radius 3 is 2.57 bits per heavy atom. The van der Waals surface area contributed by atoms with Gasteiger partial charge in [0.25, 0.3) is 0 Å². The number of carboxylic acids is 1. The molecule has 0 spiro atoms. The van der Waals surface area contributed by atoms with Gasteiger partial charge in [0.1, 0.15) is 0 Å². The van der Waals surface area contributed by atoms with Crippen molar-refractivity contribution in [2.45, 2.75) is 19.3 Å². The number of nitrogens with zero attached hydrogens (tertiary/aromatic N) is 2. The molecule has 23 heavy (non-hydrogen) atoms. The summed E-state index contributed by atoms with van der Waals surface area (Å²) in [4.78, 5) is 34.9. The minimum atomic E-state index is -0.822. The SMILES string of the molecule is O=C(O)C1CCN(C(=O)CCOc2ccccc2[N+](=O)[O-])CC1. The van der Waals surface area contributed by atoms with Crippen molar-refractivity contribution < 1.29 is 24.4 Å². The van der Waals surface area contributed by atoms with Crippen molar-refractivity contribution in [1.82, 2.24) is 4.90 Å². The van der Waals surface area contributed by atoms with Gasteiger partial charge in [0.15, 0.2) is 5.75 Å². The van der Waals surface area contributed by atoms with Gasteiger partial charge in [0.2, 0.25) is 5.91 Å². The molecule has 0 unspecified atom stereocenters. The molecule has 0 saturated carbocycles. The molecule has 0 bridgehead atoms. The number of amides is 1. The number of hydrogen-bond donors (Lipinski definition) is 1. The normalized spacial score (nSPS) is 15.2. The van der Waals surface area contributed by atoms with Crippen LogP contribution in [0.1, 0.15) is 19.3 Å². The van der Waals surface area contributed by atoms with Gasteiger partial charge in [-0.25, -0.2) is 0 Å². The second-order valence-electron chi connectivity index (χ2n) is 5.32. The number of carbonyl (C=O) groups excluding carboxylic acids is 1. The van der Waals surface area contributed by atoms with E-state index in [1.807, 2.05) is 0 Å². The van der Waals surface area contributed by atoms with Gasteiger partial charge in [-0.05, 0) is 18.9 Å². The molecule has 1 saturated heterocycles. The first-order chi connectivity index (χ1) is 11.0. The van der Waals surface area contributed by atoms with Crippen LogP contribution in [0, 0.1) is 16.0 Å². The molecule has 2 rings (SSSR count). The lowest BCUT2D eigenvalue weighted by Crippen LogP contribution is -2.40. The molecule has 1 heterocycles. The van der Waals surface area contributed by atoms with Crippen LogP contribution in [0.25, 0.3) is 0 Å². The second kappa shape index (κ2) is 7.57. The molecule has 1 aliphatic rings. The molecular formula is C15H18N2O6. The summed E-state index contributed by atoms with van der Waals surface area (Å²) in [6, 6.07) is 6.00. The Bertz CT molecular complexity index is 595. The van der Waals surface area contributed by atoms with E-state index in [1.165, 1.54) is 12.1 Å². The molecule has 0 aliphatic carbocycles. The molecular weight excluding hydrogens is 304 g/mol. The summed E-state index contributed by atoms with van der Waals surface area (Å²) in [5.74, 6) is -1.21. The van der Waals surface area contributed by atoms with Crippen LogP contribution in [-0.2, 0) is 9.59 Å². The Kier molecular flexibility index (Phi) is 5.51. The zero-order valence-corrected chi connectivity index (χ0v) is 12.5. The highest BCUT2D eigenvalue weighted by molar-refractivity contribution is 5.77. The summed E-state index contributed by atoms with van der Waals surface area (Å²) in [6.45, 7) is 0.880. The fourth-order valence-corrected chi connectivity index (χ4v) is 2.51. The van der Waals surface area contributed by atoms with Gasteiger partial charge in [0, 0.05) is 19.2 Å². The van der Waals surface area contributed by atoms with Gasteiger partial charge in [-0.2, -0.15) is 0 Å². The summed E-state index contributed by atoms with van der Waals surface area (Å²) >= 11 is 0. The fourth-order valence-electron chi connectivity index (χ4n) is 2.51. The Morgan fingerprint density at radius 1 is 1.30 bits per heavy atom. The first-order valence-electron chi connectivity index (χ1n) is 7.36. The van der Waals surface area contributed by atoms with Gasteiger partial charge in [0.05, 0.1) is 23.9 Å². The quantitative estimate of drug-likeness (QED) is 0.630. The van der Waals surface area contributed by atoms with E-state index in [2.05, 4.69) is 0 Å². The highest BCUT2D eigenvalue weighted by Crippen LogP contribution is 2.26. The van der Waals surface area contributed by atoms with Crippen LogP contribution in [0.2, 0.25) is 0 Å². The number of nitro groups is 1. The number of aliphatic carboxylic acids is 1. The predicted octanol–water partition coefficient (Wildman–Crippen LogP) is 1.69. The highest BCUT2D eigenvalue weighted by atomic mass is 16.6. The molecule has 124 valence electrons. The maximum absolute atomic E-state index is 12.0. The molecule has 0 aromatic heterocycles. The Labute approximate surface area is 132 Å². The third-order valence-corrected chi connectivity index (χ3v) is 3.83. The first kappa shape index (κ1) is 16.7. The van der Waals surface area contributed by atoms with Crippen LogP contribution in [0.4, 0.5) is 5.69 Å². The minimum absolute atomic E-state index is 0.0442. The van der Waals surface area contributed by atoms with Crippen molar-refractivity contribution in [2.75, 3.05) is 19.7 Å². The Balaban J connectivity index is 1.80. The van der Waals surface area contributed by atoms with Crippen LogP contribution in [0.5, 0.6) is 5.75 Å². The lowest BCUT2D eigenvalue weighted by Gasteiger charge is -2.30. The summed E-state index contributed by atoms with van der Waals surface area (Å²) in [6.07, 6.45) is 1.00. The third kappa shape index (κ3) is 4.41. The lowest BCUT2D eigenvalue weighted by atomic mass is 9.97. The number of piperidine rings is 1. The van der Waals surface area contributed by atoms with Crippen molar-refractivity contribution in [3.8, 4) is 5.75 Å². The Hall–Kier alpha value is -2.64. The monoisotopic (exact) mass is 322 g/mol. The van der Waals surface area contributed by atoms with Gasteiger partial charge < -0.3 is 14.7 Å². The fraction of sp³-hybridized carbons (Fsp3) is 0.467. The molecule has 1 N–H and O–H groups in total. The average Bonchev–Trinajstić information content (AvgIpc) is 2.55.